The van der Waals surface area contributed by atoms with Gasteiger partial charge in [-0.15, -0.1) is 0 Å². The molecule has 0 bridgehead atoms. The molecule has 1 fully saturated rings. The van der Waals surface area contributed by atoms with Gasteiger partial charge in [0.05, 0.1) is 5.54 Å². The Morgan fingerprint density at radius 1 is 1.35 bits per heavy atom. The van der Waals surface area contributed by atoms with Crippen molar-refractivity contribution in [3.05, 3.63) is 0 Å². The molecule has 0 aromatic heterocycles. The number of likely N-dealkylation sites (N-methyl/N-ethyl adjacent to an activating group) is 1. The smallest absolute Gasteiger partial charge is 0.244 e. The summed E-state index contributed by atoms with van der Waals surface area (Å²) in [6.45, 7) is 4.05. The van der Waals surface area contributed by atoms with Crippen LogP contribution in [0.25, 0.3) is 0 Å². The van der Waals surface area contributed by atoms with E-state index in [1.807, 2.05) is 13.8 Å². The van der Waals surface area contributed by atoms with E-state index in [1.165, 1.54) is 4.90 Å². The van der Waals surface area contributed by atoms with E-state index < -0.39 is 11.6 Å². The van der Waals surface area contributed by atoms with E-state index in [4.69, 9.17) is 5.73 Å². The van der Waals surface area contributed by atoms with Crippen molar-refractivity contribution in [1.82, 2.24) is 10.2 Å². The maximum absolute atomic E-state index is 11.9. The summed E-state index contributed by atoms with van der Waals surface area (Å²) in [7, 11) is 3.38. The SMILES string of the molecule is CC(C)CC(NC(=O)C1(N)CC1)C(=O)N(C)C. The summed E-state index contributed by atoms with van der Waals surface area (Å²) < 4.78 is 0. The van der Waals surface area contributed by atoms with Gasteiger partial charge in [-0.2, -0.15) is 0 Å². The first-order valence-corrected chi connectivity index (χ1v) is 6.07. The number of nitrogens with one attached hydrogen (secondary N) is 1. The Bertz CT molecular complexity index is 309. The van der Waals surface area contributed by atoms with E-state index in [0.717, 1.165) is 0 Å². The van der Waals surface area contributed by atoms with Gasteiger partial charge in [-0.25, -0.2) is 0 Å². The normalized spacial score (nSPS) is 18.7. The molecule has 0 saturated heterocycles. The van der Waals surface area contributed by atoms with Crippen molar-refractivity contribution in [2.24, 2.45) is 11.7 Å². The zero-order valence-corrected chi connectivity index (χ0v) is 11.1. The van der Waals surface area contributed by atoms with Crippen molar-refractivity contribution in [2.75, 3.05) is 14.1 Å². The van der Waals surface area contributed by atoms with Gasteiger partial charge in [0.25, 0.3) is 0 Å². The summed E-state index contributed by atoms with van der Waals surface area (Å²) in [6.07, 6.45) is 2.06. The van der Waals surface area contributed by atoms with E-state index >= 15 is 0 Å². The van der Waals surface area contributed by atoms with Gasteiger partial charge in [0.15, 0.2) is 0 Å². The topological polar surface area (TPSA) is 75.4 Å². The van der Waals surface area contributed by atoms with Gasteiger partial charge in [-0.1, -0.05) is 13.8 Å². The maximum Gasteiger partial charge on any atom is 0.244 e. The predicted octanol–water partition coefficient (Wildman–Crippen LogP) is 0.0968. The highest BCUT2D eigenvalue weighted by molar-refractivity contribution is 5.93. The highest BCUT2D eigenvalue weighted by Crippen LogP contribution is 2.32. The molecule has 1 aliphatic carbocycles. The van der Waals surface area contributed by atoms with Gasteiger partial charge in [-0.3, -0.25) is 9.59 Å². The van der Waals surface area contributed by atoms with E-state index in [1.54, 1.807) is 14.1 Å². The molecule has 2 amide bonds. The van der Waals surface area contributed by atoms with E-state index in [9.17, 15) is 9.59 Å². The van der Waals surface area contributed by atoms with Crippen LogP contribution in [-0.2, 0) is 9.59 Å². The molecule has 0 aromatic carbocycles. The molecule has 0 radical (unpaired) electrons. The van der Waals surface area contributed by atoms with Crippen LogP contribution in [-0.4, -0.2) is 42.4 Å². The minimum Gasteiger partial charge on any atom is -0.347 e. The van der Waals surface area contributed by atoms with Crippen LogP contribution in [0.3, 0.4) is 0 Å². The van der Waals surface area contributed by atoms with E-state index in [2.05, 4.69) is 5.32 Å². The van der Waals surface area contributed by atoms with E-state index in [0.29, 0.717) is 25.2 Å². The van der Waals surface area contributed by atoms with Crippen LogP contribution in [0.1, 0.15) is 33.1 Å². The quantitative estimate of drug-likeness (QED) is 0.716. The largest absolute Gasteiger partial charge is 0.347 e. The third kappa shape index (κ3) is 3.70. The van der Waals surface area contributed by atoms with Gasteiger partial charge in [0.1, 0.15) is 6.04 Å². The lowest BCUT2D eigenvalue weighted by atomic mass is 10.0. The summed E-state index contributed by atoms with van der Waals surface area (Å²) in [5, 5.41) is 2.78. The first-order chi connectivity index (χ1) is 7.76. The molecule has 98 valence electrons. The van der Waals surface area contributed by atoms with Crippen molar-refractivity contribution < 1.29 is 9.59 Å². The van der Waals surface area contributed by atoms with Crippen LogP contribution in [0.5, 0.6) is 0 Å². The first-order valence-electron chi connectivity index (χ1n) is 6.07. The maximum atomic E-state index is 11.9. The van der Waals surface area contributed by atoms with Crippen molar-refractivity contribution in [3.8, 4) is 0 Å². The zero-order valence-electron chi connectivity index (χ0n) is 11.1. The Labute approximate surface area is 103 Å². The third-order valence-corrected chi connectivity index (χ3v) is 2.99. The summed E-state index contributed by atoms with van der Waals surface area (Å²) in [5.74, 6) is 0.0757. The van der Waals surface area contributed by atoms with Gasteiger partial charge >= 0.3 is 0 Å². The molecule has 1 atom stereocenters. The zero-order chi connectivity index (χ0) is 13.2. The second-order valence-corrected chi connectivity index (χ2v) is 5.54. The molecule has 5 nitrogen and oxygen atoms in total. The number of rotatable bonds is 5. The molecule has 0 aliphatic heterocycles. The molecule has 0 heterocycles. The van der Waals surface area contributed by atoms with Crippen LogP contribution in [0.4, 0.5) is 0 Å². The number of hydrogen-bond donors (Lipinski definition) is 2. The third-order valence-electron chi connectivity index (χ3n) is 2.99. The standard InChI is InChI=1S/C12H23N3O2/c1-8(2)7-9(10(16)15(3)4)14-11(17)12(13)5-6-12/h8-9H,5-7,13H2,1-4H3,(H,14,17). The molecule has 1 saturated carbocycles. The minimum absolute atomic E-state index is 0.0729. The highest BCUT2D eigenvalue weighted by Gasteiger charge is 2.47. The van der Waals surface area contributed by atoms with Crippen molar-refractivity contribution >= 4 is 11.8 Å². The lowest BCUT2D eigenvalue weighted by Crippen LogP contribution is -2.52. The van der Waals surface area contributed by atoms with Gasteiger partial charge in [0.2, 0.25) is 11.8 Å². The Hall–Kier alpha value is -1.10. The Kier molecular flexibility index (Phi) is 4.14. The molecular weight excluding hydrogens is 218 g/mol. The van der Waals surface area contributed by atoms with Crippen molar-refractivity contribution in [3.63, 3.8) is 0 Å². The van der Waals surface area contributed by atoms with Gasteiger partial charge in [0, 0.05) is 14.1 Å². The van der Waals surface area contributed by atoms with Crippen LogP contribution in [0.15, 0.2) is 0 Å². The fraction of sp³-hybridized carbons (Fsp3) is 0.833. The average molecular weight is 241 g/mol. The molecular formula is C12H23N3O2. The molecule has 1 rings (SSSR count). The number of amides is 2. The van der Waals surface area contributed by atoms with E-state index in [-0.39, 0.29) is 11.8 Å². The van der Waals surface area contributed by atoms with Crippen LogP contribution in [0.2, 0.25) is 0 Å². The highest BCUT2D eigenvalue weighted by atomic mass is 16.2. The second-order valence-electron chi connectivity index (χ2n) is 5.54. The molecule has 5 heteroatoms. The lowest BCUT2D eigenvalue weighted by Gasteiger charge is -2.24. The van der Waals surface area contributed by atoms with Gasteiger partial charge < -0.3 is 16.0 Å². The lowest BCUT2D eigenvalue weighted by molar-refractivity contribution is -0.135. The summed E-state index contributed by atoms with van der Waals surface area (Å²) in [6, 6.07) is -0.460. The number of nitrogens with zero attached hydrogens (tertiary/aromatic N) is 1. The van der Waals surface area contributed by atoms with Crippen LogP contribution in [0, 0.1) is 5.92 Å². The number of nitrogens with two attached hydrogens (primary N) is 1. The molecule has 3 N–H and O–H groups in total. The molecule has 17 heavy (non-hydrogen) atoms. The molecule has 0 spiro atoms. The summed E-state index contributed by atoms with van der Waals surface area (Å²) in [4.78, 5) is 25.3. The second kappa shape index (κ2) is 5.04. The molecule has 1 unspecified atom stereocenters. The fourth-order valence-electron chi connectivity index (χ4n) is 1.67. The van der Waals surface area contributed by atoms with Crippen LogP contribution >= 0.6 is 0 Å². The molecule has 1 aliphatic rings. The monoisotopic (exact) mass is 241 g/mol. The Morgan fingerprint density at radius 3 is 2.24 bits per heavy atom. The number of hydrogen-bond acceptors (Lipinski definition) is 3. The predicted molar refractivity (Wildman–Crippen MR) is 66.2 cm³/mol. The first kappa shape index (κ1) is 14.0. The number of carbonyl (C=O) groups is 2. The number of carbonyl (C=O) groups excluding carboxylic acids is 2. The molecule has 0 aromatic rings. The van der Waals surface area contributed by atoms with Crippen LogP contribution < -0.4 is 11.1 Å². The van der Waals surface area contributed by atoms with Gasteiger partial charge in [-0.05, 0) is 25.2 Å². The fourth-order valence-corrected chi connectivity index (χ4v) is 1.67. The average Bonchev–Trinajstić information content (AvgIpc) is 2.94. The Balaban J connectivity index is 2.63. The summed E-state index contributed by atoms with van der Waals surface area (Å²) in [5.41, 5.74) is 5.09. The van der Waals surface area contributed by atoms with Crippen molar-refractivity contribution in [1.29, 1.82) is 0 Å². The Morgan fingerprint density at radius 2 is 1.88 bits per heavy atom. The minimum atomic E-state index is -0.720. The summed E-state index contributed by atoms with van der Waals surface area (Å²) >= 11 is 0. The van der Waals surface area contributed by atoms with Crippen molar-refractivity contribution in [2.45, 2.75) is 44.7 Å².